The molecule has 36 heavy (non-hydrogen) atoms. The van der Waals surface area contributed by atoms with Crippen LogP contribution in [-0.2, 0) is 0 Å². The van der Waals surface area contributed by atoms with Crippen molar-refractivity contribution >= 4 is 28.6 Å². The molecular weight excluding hydrogens is 454 g/mol. The molecular formula is C28H31N5O3. The van der Waals surface area contributed by atoms with Crippen LogP contribution >= 0.6 is 0 Å². The van der Waals surface area contributed by atoms with Gasteiger partial charge in [-0.15, -0.1) is 0 Å². The number of fused-ring (bicyclic) bond motifs is 1. The first-order valence-corrected chi connectivity index (χ1v) is 12.3. The topological polar surface area (TPSA) is 101 Å². The Kier molecular flexibility index (Phi) is 6.50. The van der Waals surface area contributed by atoms with E-state index in [0.717, 1.165) is 42.2 Å². The summed E-state index contributed by atoms with van der Waals surface area (Å²) in [5, 5.41) is 6.75. The molecule has 8 nitrogen and oxygen atoms in total. The van der Waals surface area contributed by atoms with Crippen LogP contribution < -0.4 is 20.1 Å². The minimum absolute atomic E-state index is 0.139. The Morgan fingerprint density at radius 3 is 2.58 bits per heavy atom. The Morgan fingerprint density at radius 2 is 1.86 bits per heavy atom. The zero-order valence-electron chi connectivity index (χ0n) is 21.1. The summed E-state index contributed by atoms with van der Waals surface area (Å²) in [4.78, 5) is 24.9. The zero-order valence-corrected chi connectivity index (χ0v) is 21.1. The molecule has 1 aliphatic carbocycles. The van der Waals surface area contributed by atoms with E-state index in [4.69, 9.17) is 19.4 Å². The Balaban J connectivity index is 1.57. The first-order chi connectivity index (χ1) is 17.5. The molecule has 0 saturated heterocycles. The molecule has 5 rings (SSSR count). The number of nitrogens with zero attached hydrogens (tertiary/aromatic N) is 2. The Labute approximate surface area is 210 Å². The minimum atomic E-state index is -0.185. The number of H-pyrrole nitrogens is 1. The van der Waals surface area contributed by atoms with Crippen molar-refractivity contribution in [3.05, 3.63) is 59.3 Å². The van der Waals surface area contributed by atoms with Gasteiger partial charge in [0.2, 0.25) is 11.8 Å². The molecule has 0 unspecified atom stereocenters. The van der Waals surface area contributed by atoms with Crippen molar-refractivity contribution in [2.45, 2.75) is 45.6 Å². The van der Waals surface area contributed by atoms with Crippen molar-refractivity contribution in [1.29, 1.82) is 0 Å². The van der Waals surface area contributed by atoms with Gasteiger partial charge >= 0.3 is 0 Å². The van der Waals surface area contributed by atoms with E-state index < -0.39 is 0 Å². The number of nitrogens with one attached hydrogen (secondary N) is 3. The summed E-state index contributed by atoms with van der Waals surface area (Å²) in [5.41, 5.74) is 6.43. The molecule has 8 heteroatoms. The first kappa shape index (κ1) is 23.7. The van der Waals surface area contributed by atoms with E-state index in [1.807, 2.05) is 6.20 Å². The molecule has 2 heterocycles. The molecule has 0 radical (unpaired) electrons. The number of aromatic nitrogens is 3. The Morgan fingerprint density at radius 1 is 1.06 bits per heavy atom. The second kappa shape index (κ2) is 9.89. The number of aryl methyl sites for hydroxylation is 2. The highest BCUT2D eigenvalue weighted by Crippen LogP contribution is 2.38. The monoisotopic (exact) mass is 485 g/mol. The summed E-state index contributed by atoms with van der Waals surface area (Å²) in [6, 6.07) is 11.6. The molecule has 0 atom stereocenters. The molecule has 3 N–H and O–H groups in total. The maximum absolute atomic E-state index is 12.0. The molecule has 0 bridgehead atoms. The van der Waals surface area contributed by atoms with Crippen molar-refractivity contribution in [2.24, 2.45) is 0 Å². The SMILES string of the molecule is CNC(=O)c1ccc(Nc2nc(OC3CCCC3)c3c(-c4ccc(C)c(C)c4)c[nH]c3n2)c(OC)c1. The molecule has 1 aliphatic rings. The van der Waals surface area contributed by atoms with E-state index in [1.165, 1.54) is 11.1 Å². The number of carbonyl (C=O) groups excluding carboxylic acids is 1. The lowest BCUT2D eigenvalue weighted by Gasteiger charge is -2.16. The highest BCUT2D eigenvalue weighted by atomic mass is 16.5. The molecule has 4 aromatic rings. The molecule has 1 fully saturated rings. The Hall–Kier alpha value is -4.07. The predicted molar refractivity (Wildman–Crippen MR) is 141 cm³/mol. The number of aromatic amines is 1. The maximum atomic E-state index is 12.0. The van der Waals surface area contributed by atoms with Gasteiger partial charge in [-0.1, -0.05) is 18.2 Å². The number of benzene rings is 2. The van der Waals surface area contributed by atoms with Gasteiger partial charge in [0.25, 0.3) is 5.91 Å². The van der Waals surface area contributed by atoms with E-state index >= 15 is 0 Å². The molecule has 1 saturated carbocycles. The summed E-state index contributed by atoms with van der Waals surface area (Å²) < 4.78 is 12.0. The summed E-state index contributed by atoms with van der Waals surface area (Å²) in [5.74, 6) is 1.27. The van der Waals surface area contributed by atoms with Gasteiger partial charge in [-0.2, -0.15) is 9.97 Å². The average molecular weight is 486 g/mol. The van der Waals surface area contributed by atoms with Crippen molar-refractivity contribution in [3.63, 3.8) is 0 Å². The van der Waals surface area contributed by atoms with Crippen LogP contribution in [0, 0.1) is 13.8 Å². The van der Waals surface area contributed by atoms with Gasteiger partial charge in [0, 0.05) is 24.4 Å². The van der Waals surface area contributed by atoms with Crippen molar-refractivity contribution in [2.75, 3.05) is 19.5 Å². The molecule has 0 spiro atoms. The van der Waals surface area contributed by atoms with Gasteiger partial charge in [0.15, 0.2) is 0 Å². The third kappa shape index (κ3) is 4.58. The summed E-state index contributed by atoms with van der Waals surface area (Å²) >= 11 is 0. The highest BCUT2D eigenvalue weighted by molar-refractivity contribution is 5.98. The number of amides is 1. The average Bonchev–Trinajstić information content (AvgIpc) is 3.55. The summed E-state index contributed by atoms with van der Waals surface area (Å²) in [6.07, 6.45) is 6.47. The third-order valence-corrected chi connectivity index (χ3v) is 6.83. The molecule has 186 valence electrons. The van der Waals surface area contributed by atoms with E-state index in [-0.39, 0.29) is 12.0 Å². The van der Waals surface area contributed by atoms with Crippen LogP contribution in [0.1, 0.15) is 47.2 Å². The standard InChI is InChI=1S/C28H31N5O3/c1-16-9-10-18(13-17(16)2)21-15-30-25-24(21)27(36-20-7-5-6-8-20)33-28(32-25)31-22-12-11-19(26(34)29-3)14-23(22)35-4/h9-15,20H,5-8H2,1-4H3,(H,29,34)(H2,30,31,32,33). The van der Waals surface area contributed by atoms with Crippen molar-refractivity contribution in [1.82, 2.24) is 20.3 Å². The van der Waals surface area contributed by atoms with Gasteiger partial charge in [-0.3, -0.25) is 4.79 Å². The number of ether oxygens (including phenoxy) is 2. The van der Waals surface area contributed by atoms with Gasteiger partial charge < -0.3 is 25.1 Å². The number of hydrogen-bond acceptors (Lipinski definition) is 6. The molecule has 2 aromatic carbocycles. The predicted octanol–water partition coefficient (Wildman–Crippen LogP) is 5.67. The van der Waals surface area contributed by atoms with E-state index in [2.05, 4.69) is 47.7 Å². The smallest absolute Gasteiger partial charge is 0.251 e. The third-order valence-electron chi connectivity index (χ3n) is 6.83. The quantitative estimate of drug-likeness (QED) is 0.312. The van der Waals surface area contributed by atoms with E-state index in [1.54, 1.807) is 32.4 Å². The number of anilines is 2. The normalized spacial score (nSPS) is 13.7. The van der Waals surface area contributed by atoms with Crippen LogP contribution in [0.2, 0.25) is 0 Å². The number of methoxy groups -OCH3 is 1. The van der Waals surface area contributed by atoms with Gasteiger partial charge in [-0.05, 0) is 74.4 Å². The number of carbonyl (C=O) groups is 1. The fourth-order valence-electron chi connectivity index (χ4n) is 4.64. The second-order valence-corrected chi connectivity index (χ2v) is 9.22. The molecule has 2 aromatic heterocycles. The van der Waals surface area contributed by atoms with Crippen LogP contribution in [0.15, 0.2) is 42.6 Å². The van der Waals surface area contributed by atoms with Crippen molar-refractivity contribution in [3.8, 4) is 22.8 Å². The molecule has 1 amide bonds. The second-order valence-electron chi connectivity index (χ2n) is 9.22. The van der Waals surface area contributed by atoms with E-state index in [0.29, 0.717) is 34.5 Å². The Bertz CT molecular complexity index is 1420. The van der Waals surface area contributed by atoms with Crippen molar-refractivity contribution < 1.29 is 14.3 Å². The minimum Gasteiger partial charge on any atom is -0.495 e. The van der Waals surface area contributed by atoms with E-state index in [9.17, 15) is 4.79 Å². The lowest BCUT2D eigenvalue weighted by Crippen LogP contribution is -2.17. The first-order valence-electron chi connectivity index (χ1n) is 12.3. The lowest BCUT2D eigenvalue weighted by atomic mass is 10.0. The maximum Gasteiger partial charge on any atom is 0.251 e. The van der Waals surface area contributed by atoms with Crippen LogP contribution in [0.25, 0.3) is 22.2 Å². The summed E-state index contributed by atoms with van der Waals surface area (Å²) in [6.45, 7) is 4.23. The van der Waals surface area contributed by atoms with Crippen LogP contribution in [0.4, 0.5) is 11.6 Å². The largest absolute Gasteiger partial charge is 0.495 e. The lowest BCUT2D eigenvalue weighted by molar-refractivity contribution is 0.0962. The molecule has 0 aliphatic heterocycles. The van der Waals surface area contributed by atoms with Gasteiger partial charge in [0.1, 0.15) is 17.5 Å². The van der Waals surface area contributed by atoms with Gasteiger partial charge in [-0.25, -0.2) is 0 Å². The summed E-state index contributed by atoms with van der Waals surface area (Å²) in [7, 11) is 3.16. The number of rotatable bonds is 7. The van der Waals surface area contributed by atoms with Gasteiger partial charge in [0.05, 0.1) is 18.2 Å². The highest BCUT2D eigenvalue weighted by Gasteiger charge is 2.23. The van der Waals surface area contributed by atoms with Crippen LogP contribution in [0.5, 0.6) is 11.6 Å². The number of hydrogen-bond donors (Lipinski definition) is 3. The zero-order chi connectivity index (χ0) is 25.2. The van der Waals surface area contributed by atoms with Crippen LogP contribution in [0.3, 0.4) is 0 Å². The fraction of sp³-hybridized carbons (Fsp3) is 0.321. The fourth-order valence-corrected chi connectivity index (χ4v) is 4.64. The van der Waals surface area contributed by atoms with Crippen LogP contribution in [-0.4, -0.2) is 41.1 Å².